The van der Waals surface area contributed by atoms with Crippen LogP contribution >= 0.6 is 0 Å². The summed E-state index contributed by atoms with van der Waals surface area (Å²) in [5.41, 5.74) is 10.8. The molecule has 0 aliphatic heterocycles. The average Bonchev–Trinajstić information content (AvgIpc) is 3.89. The Labute approximate surface area is 292 Å². The molecule has 7 aromatic carbocycles. The first kappa shape index (κ1) is 27.9. The highest BCUT2D eigenvalue weighted by Crippen LogP contribution is 2.44. The van der Waals surface area contributed by atoms with Crippen molar-refractivity contribution in [2.75, 3.05) is 0 Å². The third-order valence-corrected chi connectivity index (χ3v) is 10.3. The third kappa shape index (κ3) is 4.03. The Morgan fingerprint density at radius 1 is 0.373 bits per heavy atom. The van der Waals surface area contributed by atoms with E-state index in [2.05, 4.69) is 184 Å². The lowest BCUT2D eigenvalue weighted by Gasteiger charge is -2.12. The van der Waals surface area contributed by atoms with Crippen LogP contribution in [0, 0.1) is 0 Å². The van der Waals surface area contributed by atoms with Gasteiger partial charge in [-0.2, -0.15) is 0 Å². The zero-order chi connectivity index (χ0) is 33.5. The number of rotatable bonds is 4. The molecular formula is C46H29N5. The zero-order valence-electron chi connectivity index (χ0n) is 27.5. The molecule has 0 amide bonds. The standard InChI is InChI=1S/C46H29N5/c1-4-14-30(15-5-1)43-35-21-10-12-22-38(35)47-46(48-43)51-40-23-13-11-20-33(40)34-24-27-41-42(45(34)51)37-25-26-39-36(28-29-49(39)31-16-6-2-7-17-31)44(37)50(41)32-18-8-3-9-19-32/h1-29H. The van der Waals surface area contributed by atoms with Gasteiger partial charge in [0.1, 0.15) is 0 Å². The van der Waals surface area contributed by atoms with E-state index in [-0.39, 0.29) is 0 Å². The van der Waals surface area contributed by atoms with E-state index in [0.717, 1.165) is 55.6 Å². The van der Waals surface area contributed by atoms with Crippen molar-refractivity contribution in [3.05, 3.63) is 176 Å². The van der Waals surface area contributed by atoms with Crippen LogP contribution in [0.1, 0.15) is 0 Å². The number of para-hydroxylation sites is 4. The molecule has 4 aromatic heterocycles. The summed E-state index contributed by atoms with van der Waals surface area (Å²) in [6.45, 7) is 0. The monoisotopic (exact) mass is 651 g/mol. The minimum Gasteiger partial charge on any atom is -0.316 e. The molecular weight excluding hydrogens is 623 g/mol. The molecule has 11 rings (SSSR count). The molecule has 0 saturated heterocycles. The number of nitrogens with zero attached hydrogens (tertiary/aromatic N) is 5. The van der Waals surface area contributed by atoms with E-state index >= 15 is 0 Å². The van der Waals surface area contributed by atoms with Crippen LogP contribution in [0.15, 0.2) is 176 Å². The molecule has 0 aliphatic rings. The predicted octanol–water partition coefficient (Wildman–Crippen LogP) is 11.4. The summed E-state index contributed by atoms with van der Waals surface area (Å²) in [6, 6.07) is 60.1. The van der Waals surface area contributed by atoms with Gasteiger partial charge in [0.2, 0.25) is 5.95 Å². The fourth-order valence-electron chi connectivity index (χ4n) is 8.11. The fourth-order valence-corrected chi connectivity index (χ4v) is 8.11. The van der Waals surface area contributed by atoms with Crippen LogP contribution in [0.4, 0.5) is 0 Å². The molecule has 4 heterocycles. The number of fused-ring (bicyclic) bond motifs is 10. The minimum absolute atomic E-state index is 0.656. The van der Waals surface area contributed by atoms with Crippen molar-refractivity contribution in [3.8, 4) is 28.6 Å². The Balaban J connectivity index is 1.32. The maximum atomic E-state index is 5.39. The van der Waals surface area contributed by atoms with Gasteiger partial charge in [0.05, 0.1) is 38.8 Å². The average molecular weight is 652 g/mol. The Morgan fingerprint density at radius 3 is 1.82 bits per heavy atom. The molecule has 5 nitrogen and oxygen atoms in total. The molecule has 0 saturated carbocycles. The van der Waals surface area contributed by atoms with Crippen LogP contribution in [0.2, 0.25) is 0 Å². The highest BCUT2D eigenvalue weighted by Gasteiger charge is 2.24. The summed E-state index contributed by atoms with van der Waals surface area (Å²) in [6.07, 6.45) is 2.19. The largest absolute Gasteiger partial charge is 0.316 e. The Kier molecular flexibility index (Phi) is 5.89. The second-order valence-corrected chi connectivity index (χ2v) is 13.1. The van der Waals surface area contributed by atoms with E-state index in [1.807, 2.05) is 6.07 Å². The SMILES string of the molecule is c1ccc(-c2nc(-n3c4ccccc4c4ccc5c(c6ccc7c(ccn7-c7ccccc7)c6n5-c5ccccc5)c43)nc3ccccc23)cc1. The molecule has 0 bridgehead atoms. The third-order valence-electron chi connectivity index (χ3n) is 10.3. The van der Waals surface area contributed by atoms with Gasteiger partial charge in [-0.15, -0.1) is 0 Å². The molecule has 0 radical (unpaired) electrons. The van der Waals surface area contributed by atoms with E-state index in [1.54, 1.807) is 0 Å². The van der Waals surface area contributed by atoms with Gasteiger partial charge in [-0.3, -0.25) is 4.57 Å². The molecule has 238 valence electrons. The van der Waals surface area contributed by atoms with Gasteiger partial charge < -0.3 is 9.13 Å². The maximum absolute atomic E-state index is 5.39. The summed E-state index contributed by atoms with van der Waals surface area (Å²) in [5.74, 6) is 0.656. The summed E-state index contributed by atoms with van der Waals surface area (Å²) in [4.78, 5) is 10.7. The molecule has 0 atom stereocenters. The first-order chi connectivity index (χ1) is 25.3. The second-order valence-electron chi connectivity index (χ2n) is 13.1. The lowest BCUT2D eigenvalue weighted by Crippen LogP contribution is -2.03. The van der Waals surface area contributed by atoms with Gasteiger partial charge in [-0.05, 0) is 60.7 Å². The lowest BCUT2D eigenvalue weighted by molar-refractivity contribution is 1.02. The van der Waals surface area contributed by atoms with Crippen LogP contribution in [0.5, 0.6) is 0 Å². The van der Waals surface area contributed by atoms with Crippen LogP contribution in [0.25, 0.3) is 94.0 Å². The smallest absolute Gasteiger partial charge is 0.235 e. The molecule has 0 N–H and O–H groups in total. The molecule has 5 heteroatoms. The highest BCUT2D eigenvalue weighted by atomic mass is 15.2. The minimum atomic E-state index is 0.656. The Morgan fingerprint density at radius 2 is 1.02 bits per heavy atom. The van der Waals surface area contributed by atoms with Gasteiger partial charge in [0, 0.05) is 55.5 Å². The van der Waals surface area contributed by atoms with E-state index in [1.165, 1.54) is 32.4 Å². The quantitative estimate of drug-likeness (QED) is 0.190. The van der Waals surface area contributed by atoms with Crippen molar-refractivity contribution in [2.24, 2.45) is 0 Å². The Bertz CT molecular complexity index is 3120. The van der Waals surface area contributed by atoms with Gasteiger partial charge >= 0.3 is 0 Å². The van der Waals surface area contributed by atoms with Crippen molar-refractivity contribution in [2.45, 2.75) is 0 Å². The van der Waals surface area contributed by atoms with E-state index in [4.69, 9.17) is 9.97 Å². The summed E-state index contributed by atoms with van der Waals surface area (Å²) in [7, 11) is 0. The number of benzene rings is 7. The zero-order valence-corrected chi connectivity index (χ0v) is 27.5. The molecule has 0 unspecified atom stereocenters. The lowest BCUT2D eigenvalue weighted by atomic mass is 10.1. The van der Waals surface area contributed by atoms with Crippen molar-refractivity contribution in [3.63, 3.8) is 0 Å². The topological polar surface area (TPSA) is 40.6 Å². The number of hydrogen-bond donors (Lipinski definition) is 0. The second kappa shape index (κ2) is 10.8. The van der Waals surface area contributed by atoms with Crippen molar-refractivity contribution >= 4 is 65.4 Å². The van der Waals surface area contributed by atoms with E-state index in [0.29, 0.717) is 5.95 Å². The molecule has 11 aromatic rings. The van der Waals surface area contributed by atoms with Crippen molar-refractivity contribution < 1.29 is 0 Å². The number of hydrogen-bond acceptors (Lipinski definition) is 2. The molecule has 51 heavy (non-hydrogen) atoms. The van der Waals surface area contributed by atoms with Gasteiger partial charge in [0.25, 0.3) is 0 Å². The van der Waals surface area contributed by atoms with Crippen LogP contribution in [0.3, 0.4) is 0 Å². The fraction of sp³-hybridized carbons (Fsp3) is 0. The van der Waals surface area contributed by atoms with Gasteiger partial charge in [0.15, 0.2) is 0 Å². The summed E-state index contributed by atoms with van der Waals surface area (Å²) in [5, 5.41) is 6.93. The van der Waals surface area contributed by atoms with E-state index < -0.39 is 0 Å². The number of aromatic nitrogens is 5. The van der Waals surface area contributed by atoms with E-state index in [9.17, 15) is 0 Å². The predicted molar refractivity (Wildman–Crippen MR) is 210 cm³/mol. The van der Waals surface area contributed by atoms with Crippen molar-refractivity contribution in [1.29, 1.82) is 0 Å². The van der Waals surface area contributed by atoms with Crippen LogP contribution < -0.4 is 0 Å². The molecule has 0 aliphatic carbocycles. The first-order valence-electron chi connectivity index (χ1n) is 17.3. The normalized spacial score (nSPS) is 11.9. The summed E-state index contributed by atoms with van der Waals surface area (Å²) < 4.78 is 7.00. The van der Waals surface area contributed by atoms with Gasteiger partial charge in [-0.25, -0.2) is 9.97 Å². The first-order valence-corrected chi connectivity index (χ1v) is 17.3. The summed E-state index contributed by atoms with van der Waals surface area (Å²) >= 11 is 0. The van der Waals surface area contributed by atoms with Crippen LogP contribution in [-0.4, -0.2) is 23.7 Å². The van der Waals surface area contributed by atoms with Gasteiger partial charge in [-0.1, -0.05) is 109 Å². The molecule has 0 fully saturated rings. The van der Waals surface area contributed by atoms with Crippen LogP contribution in [-0.2, 0) is 0 Å². The molecule has 0 spiro atoms. The Hall–Kier alpha value is -6.98. The van der Waals surface area contributed by atoms with Crippen molar-refractivity contribution in [1.82, 2.24) is 23.7 Å². The maximum Gasteiger partial charge on any atom is 0.235 e. The highest BCUT2D eigenvalue weighted by molar-refractivity contribution is 6.29.